The summed E-state index contributed by atoms with van der Waals surface area (Å²) in [5.74, 6) is -0.146. The van der Waals surface area contributed by atoms with E-state index < -0.39 is 0 Å². The van der Waals surface area contributed by atoms with E-state index in [0.717, 1.165) is 11.4 Å². The molecular formula is C15H17N3OS. The molecule has 104 valence electrons. The lowest BCUT2D eigenvalue weighted by Gasteiger charge is -2.11. The number of anilines is 3. The second-order valence-corrected chi connectivity index (χ2v) is 5.11. The van der Waals surface area contributed by atoms with Crippen molar-refractivity contribution in [1.29, 1.82) is 0 Å². The Morgan fingerprint density at radius 1 is 1.15 bits per heavy atom. The van der Waals surface area contributed by atoms with Crippen molar-refractivity contribution in [3.8, 4) is 0 Å². The predicted molar refractivity (Wildman–Crippen MR) is 85.8 cm³/mol. The Morgan fingerprint density at radius 3 is 2.40 bits per heavy atom. The molecule has 1 amide bonds. The van der Waals surface area contributed by atoms with Gasteiger partial charge in [-0.15, -0.1) is 11.8 Å². The van der Waals surface area contributed by atoms with Gasteiger partial charge in [-0.3, -0.25) is 4.79 Å². The molecule has 2 rings (SSSR count). The molecule has 0 saturated heterocycles. The van der Waals surface area contributed by atoms with Crippen LogP contribution in [0.25, 0.3) is 0 Å². The minimum atomic E-state index is -0.146. The highest BCUT2D eigenvalue weighted by molar-refractivity contribution is 7.98. The molecule has 0 fully saturated rings. The lowest BCUT2D eigenvalue weighted by atomic mass is 10.1. The van der Waals surface area contributed by atoms with E-state index in [1.165, 1.54) is 4.90 Å². The number of benzene rings is 2. The molecule has 0 aliphatic rings. The standard InChI is InChI=1S/C15H17N3OS/c1-17-15(19)10-3-8-14(13(16)9-10)18-11-4-6-12(20-2)7-5-11/h3-9,18H,16H2,1-2H3,(H,17,19). The van der Waals surface area contributed by atoms with Crippen LogP contribution in [0.15, 0.2) is 47.4 Å². The summed E-state index contributed by atoms with van der Waals surface area (Å²) in [7, 11) is 1.60. The first-order valence-corrected chi connectivity index (χ1v) is 7.39. The van der Waals surface area contributed by atoms with Gasteiger partial charge in [-0.25, -0.2) is 0 Å². The maximum Gasteiger partial charge on any atom is 0.251 e. The Hall–Kier alpha value is -2.14. The van der Waals surface area contributed by atoms with E-state index in [-0.39, 0.29) is 5.91 Å². The molecule has 5 heteroatoms. The predicted octanol–water partition coefficient (Wildman–Crippen LogP) is 3.09. The molecule has 0 radical (unpaired) electrons. The van der Waals surface area contributed by atoms with Gasteiger partial charge in [0.15, 0.2) is 0 Å². The Bertz CT molecular complexity index is 611. The zero-order valence-corrected chi connectivity index (χ0v) is 12.3. The van der Waals surface area contributed by atoms with Crippen LogP contribution in [-0.2, 0) is 0 Å². The van der Waals surface area contributed by atoms with E-state index in [9.17, 15) is 4.79 Å². The van der Waals surface area contributed by atoms with Crippen molar-refractivity contribution >= 4 is 34.7 Å². The Morgan fingerprint density at radius 2 is 1.85 bits per heavy atom. The van der Waals surface area contributed by atoms with Crippen LogP contribution in [-0.4, -0.2) is 19.2 Å². The van der Waals surface area contributed by atoms with Crippen LogP contribution in [0.3, 0.4) is 0 Å². The molecule has 0 atom stereocenters. The fourth-order valence-electron chi connectivity index (χ4n) is 1.79. The van der Waals surface area contributed by atoms with Crippen LogP contribution in [0.2, 0.25) is 0 Å². The van der Waals surface area contributed by atoms with Gasteiger partial charge in [0.05, 0.1) is 11.4 Å². The molecule has 4 N–H and O–H groups in total. The molecule has 2 aromatic carbocycles. The monoisotopic (exact) mass is 287 g/mol. The molecule has 2 aromatic rings. The van der Waals surface area contributed by atoms with Gasteiger partial charge in [-0.2, -0.15) is 0 Å². The second-order valence-electron chi connectivity index (χ2n) is 4.23. The molecule has 0 aromatic heterocycles. The van der Waals surface area contributed by atoms with Crippen molar-refractivity contribution in [3.05, 3.63) is 48.0 Å². The molecule has 0 unspecified atom stereocenters. The average molecular weight is 287 g/mol. The Kier molecular flexibility index (Phi) is 4.53. The summed E-state index contributed by atoms with van der Waals surface area (Å²) in [5.41, 5.74) is 8.81. The number of nitrogens with two attached hydrogens (primary N) is 1. The van der Waals surface area contributed by atoms with Crippen LogP contribution < -0.4 is 16.4 Å². The highest BCUT2D eigenvalue weighted by Crippen LogP contribution is 2.25. The number of amides is 1. The molecule has 4 nitrogen and oxygen atoms in total. The van der Waals surface area contributed by atoms with Gasteiger partial charge >= 0.3 is 0 Å². The zero-order valence-electron chi connectivity index (χ0n) is 11.4. The second kappa shape index (κ2) is 6.34. The minimum Gasteiger partial charge on any atom is -0.397 e. The highest BCUT2D eigenvalue weighted by atomic mass is 32.2. The first-order valence-electron chi connectivity index (χ1n) is 6.16. The summed E-state index contributed by atoms with van der Waals surface area (Å²) < 4.78 is 0. The van der Waals surface area contributed by atoms with Gasteiger partial charge in [-0.1, -0.05) is 0 Å². The lowest BCUT2D eigenvalue weighted by Crippen LogP contribution is -2.17. The van der Waals surface area contributed by atoms with Gasteiger partial charge in [0.25, 0.3) is 5.91 Å². The first kappa shape index (κ1) is 14.3. The zero-order chi connectivity index (χ0) is 14.5. The van der Waals surface area contributed by atoms with Gasteiger partial charge in [0, 0.05) is 23.2 Å². The van der Waals surface area contributed by atoms with Crippen LogP contribution in [0.1, 0.15) is 10.4 Å². The molecule has 0 aliphatic heterocycles. The summed E-state index contributed by atoms with van der Waals surface area (Å²) in [6.07, 6.45) is 2.04. The van der Waals surface area contributed by atoms with Crippen LogP contribution in [0.5, 0.6) is 0 Å². The van der Waals surface area contributed by atoms with Crippen molar-refractivity contribution in [2.75, 3.05) is 24.4 Å². The third-order valence-electron chi connectivity index (χ3n) is 2.91. The van der Waals surface area contributed by atoms with E-state index in [0.29, 0.717) is 11.3 Å². The number of thioether (sulfide) groups is 1. The third kappa shape index (κ3) is 3.24. The highest BCUT2D eigenvalue weighted by Gasteiger charge is 2.06. The Balaban J connectivity index is 2.18. The van der Waals surface area contributed by atoms with E-state index in [1.807, 2.05) is 36.6 Å². The number of hydrogen-bond donors (Lipinski definition) is 3. The number of nitrogen functional groups attached to an aromatic ring is 1. The summed E-state index contributed by atoms with van der Waals surface area (Å²) in [6.45, 7) is 0. The molecule has 0 saturated carbocycles. The van der Waals surface area contributed by atoms with Crippen molar-refractivity contribution in [1.82, 2.24) is 5.32 Å². The molecule has 20 heavy (non-hydrogen) atoms. The average Bonchev–Trinajstić information content (AvgIpc) is 2.49. The number of carbonyl (C=O) groups excluding carboxylic acids is 1. The van der Waals surface area contributed by atoms with Crippen molar-refractivity contribution in [2.45, 2.75) is 4.90 Å². The lowest BCUT2D eigenvalue weighted by molar-refractivity contribution is 0.0963. The first-order chi connectivity index (χ1) is 9.63. The molecule has 0 bridgehead atoms. The normalized spacial score (nSPS) is 10.1. The van der Waals surface area contributed by atoms with Crippen LogP contribution in [0.4, 0.5) is 17.1 Å². The molecule has 0 aliphatic carbocycles. The fraction of sp³-hybridized carbons (Fsp3) is 0.133. The fourth-order valence-corrected chi connectivity index (χ4v) is 2.20. The Labute approximate surface area is 122 Å². The maximum absolute atomic E-state index is 11.5. The van der Waals surface area contributed by atoms with E-state index in [2.05, 4.69) is 10.6 Å². The maximum atomic E-state index is 11.5. The topological polar surface area (TPSA) is 67.2 Å². The quantitative estimate of drug-likeness (QED) is 0.597. The third-order valence-corrected chi connectivity index (χ3v) is 3.65. The number of rotatable bonds is 4. The van der Waals surface area contributed by atoms with E-state index in [1.54, 1.807) is 30.9 Å². The molecular weight excluding hydrogens is 270 g/mol. The largest absolute Gasteiger partial charge is 0.397 e. The number of nitrogens with one attached hydrogen (secondary N) is 2. The summed E-state index contributed by atoms with van der Waals surface area (Å²) in [6, 6.07) is 13.3. The van der Waals surface area contributed by atoms with E-state index in [4.69, 9.17) is 5.73 Å². The molecule has 0 heterocycles. The van der Waals surface area contributed by atoms with E-state index >= 15 is 0 Å². The number of hydrogen-bond acceptors (Lipinski definition) is 4. The van der Waals surface area contributed by atoms with Crippen LogP contribution >= 0.6 is 11.8 Å². The SMILES string of the molecule is CNC(=O)c1ccc(Nc2ccc(SC)cc2)c(N)c1. The van der Waals surface area contributed by atoms with Crippen molar-refractivity contribution in [3.63, 3.8) is 0 Å². The minimum absolute atomic E-state index is 0.146. The van der Waals surface area contributed by atoms with Gasteiger partial charge in [-0.05, 0) is 48.7 Å². The summed E-state index contributed by atoms with van der Waals surface area (Å²) >= 11 is 1.70. The summed E-state index contributed by atoms with van der Waals surface area (Å²) in [4.78, 5) is 12.7. The van der Waals surface area contributed by atoms with Crippen molar-refractivity contribution < 1.29 is 4.79 Å². The smallest absolute Gasteiger partial charge is 0.251 e. The van der Waals surface area contributed by atoms with Crippen LogP contribution in [0, 0.1) is 0 Å². The summed E-state index contributed by atoms with van der Waals surface area (Å²) in [5, 5.41) is 5.81. The van der Waals surface area contributed by atoms with Gasteiger partial charge in [0.2, 0.25) is 0 Å². The molecule has 0 spiro atoms. The van der Waals surface area contributed by atoms with Gasteiger partial charge < -0.3 is 16.4 Å². The number of carbonyl (C=O) groups is 1. The van der Waals surface area contributed by atoms with Gasteiger partial charge in [0.1, 0.15) is 0 Å². The van der Waals surface area contributed by atoms with Crippen molar-refractivity contribution in [2.24, 2.45) is 0 Å².